The van der Waals surface area contributed by atoms with Crippen LogP contribution in [0, 0.1) is 19.3 Å². The zero-order valence-corrected chi connectivity index (χ0v) is 17.0. The Morgan fingerprint density at radius 1 is 1.15 bits per heavy atom. The third kappa shape index (κ3) is 4.46. The van der Waals surface area contributed by atoms with Gasteiger partial charge in [-0.15, -0.1) is 0 Å². The van der Waals surface area contributed by atoms with Crippen molar-refractivity contribution in [3.63, 3.8) is 0 Å². The first-order valence-electron chi connectivity index (χ1n) is 9.28. The number of nitrogens with one attached hydrogen (secondary N) is 3. The summed E-state index contributed by atoms with van der Waals surface area (Å²) in [7, 11) is 1.85. The van der Waals surface area contributed by atoms with Crippen LogP contribution in [0.1, 0.15) is 29.5 Å². The van der Waals surface area contributed by atoms with Gasteiger partial charge in [-0.2, -0.15) is 0 Å². The van der Waals surface area contributed by atoms with Gasteiger partial charge in [0.1, 0.15) is 5.84 Å². The van der Waals surface area contributed by atoms with Gasteiger partial charge in [-0.25, -0.2) is 0 Å². The fraction of sp³-hybridized carbons (Fsp3) is 0.381. The molecule has 5 N–H and O–H groups in total. The average Bonchev–Trinajstić information content (AvgIpc) is 2.67. The lowest BCUT2D eigenvalue weighted by Crippen LogP contribution is -2.30. The van der Waals surface area contributed by atoms with E-state index in [-0.39, 0.29) is 5.84 Å². The zero-order valence-electron chi connectivity index (χ0n) is 16.2. The Morgan fingerprint density at radius 2 is 1.85 bits per heavy atom. The number of nitrogen functional groups attached to an aromatic ring is 1. The molecular weight excluding hydrogens is 356 g/mol. The number of hydrogen-bond donors (Lipinski definition) is 4. The highest BCUT2D eigenvalue weighted by molar-refractivity contribution is 7.97. The van der Waals surface area contributed by atoms with Crippen LogP contribution in [0.3, 0.4) is 0 Å². The number of ether oxygens (including phenoxy) is 1. The van der Waals surface area contributed by atoms with E-state index in [0.29, 0.717) is 6.04 Å². The molecule has 6 heteroatoms. The topological polar surface area (TPSA) is 83.2 Å². The third-order valence-corrected chi connectivity index (χ3v) is 6.00. The second-order valence-electron chi connectivity index (χ2n) is 6.91. The summed E-state index contributed by atoms with van der Waals surface area (Å²) in [6, 6.07) is 11.1. The molecule has 3 rings (SSSR count). The molecule has 0 saturated carbocycles. The molecule has 1 aliphatic heterocycles. The summed E-state index contributed by atoms with van der Waals surface area (Å²) >= 11 is 1.69. The number of amidine groups is 1. The zero-order chi connectivity index (χ0) is 19.4. The Morgan fingerprint density at radius 3 is 2.48 bits per heavy atom. The van der Waals surface area contributed by atoms with Crippen LogP contribution in [0.5, 0.6) is 0 Å². The van der Waals surface area contributed by atoms with Crippen LogP contribution in [0.2, 0.25) is 0 Å². The first-order chi connectivity index (χ1) is 13.0. The van der Waals surface area contributed by atoms with E-state index in [9.17, 15) is 0 Å². The lowest BCUT2D eigenvalue weighted by Gasteiger charge is -2.22. The number of benzene rings is 2. The van der Waals surface area contributed by atoms with E-state index in [1.807, 2.05) is 20.0 Å². The molecule has 1 fully saturated rings. The summed E-state index contributed by atoms with van der Waals surface area (Å²) in [6.07, 6.45) is 2.13. The van der Waals surface area contributed by atoms with Crippen LogP contribution in [0.4, 0.5) is 5.69 Å². The summed E-state index contributed by atoms with van der Waals surface area (Å²) in [5, 5.41) is 11.1. The van der Waals surface area contributed by atoms with Gasteiger partial charge in [-0.05, 0) is 79.1 Å². The van der Waals surface area contributed by atoms with E-state index in [1.54, 1.807) is 11.9 Å². The second-order valence-corrected chi connectivity index (χ2v) is 7.82. The van der Waals surface area contributed by atoms with Crippen LogP contribution in [0.25, 0.3) is 11.1 Å². The van der Waals surface area contributed by atoms with E-state index < -0.39 is 0 Å². The molecule has 1 aliphatic rings. The van der Waals surface area contributed by atoms with Crippen LogP contribution >= 0.6 is 11.9 Å². The molecule has 144 valence electrons. The average molecular weight is 385 g/mol. The highest BCUT2D eigenvalue weighted by Gasteiger charge is 2.16. The monoisotopic (exact) mass is 384 g/mol. The van der Waals surface area contributed by atoms with E-state index in [1.165, 1.54) is 16.0 Å². The fourth-order valence-corrected chi connectivity index (χ4v) is 4.44. The van der Waals surface area contributed by atoms with Crippen LogP contribution in [0.15, 0.2) is 35.2 Å². The molecule has 0 bridgehead atoms. The van der Waals surface area contributed by atoms with Gasteiger partial charge in [0.2, 0.25) is 0 Å². The van der Waals surface area contributed by atoms with Crippen LogP contribution in [-0.2, 0) is 4.74 Å². The molecule has 1 heterocycles. The minimum atomic E-state index is 0.0872. The maximum Gasteiger partial charge on any atom is 0.125 e. The van der Waals surface area contributed by atoms with Gasteiger partial charge in [0.05, 0.1) is 0 Å². The molecule has 0 unspecified atom stereocenters. The summed E-state index contributed by atoms with van der Waals surface area (Å²) in [5.74, 6) is 0.0872. The van der Waals surface area contributed by atoms with Gasteiger partial charge < -0.3 is 15.8 Å². The van der Waals surface area contributed by atoms with Gasteiger partial charge in [-0.3, -0.25) is 10.1 Å². The van der Waals surface area contributed by atoms with Crippen molar-refractivity contribution in [2.24, 2.45) is 5.73 Å². The van der Waals surface area contributed by atoms with Gasteiger partial charge in [-0.1, -0.05) is 12.1 Å². The molecule has 27 heavy (non-hydrogen) atoms. The molecule has 2 aromatic carbocycles. The fourth-order valence-electron chi connectivity index (χ4n) is 3.53. The van der Waals surface area contributed by atoms with Crippen molar-refractivity contribution in [1.82, 2.24) is 4.72 Å². The summed E-state index contributed by atoms with van der Waals surface area (Å²) in [6.45, 7) is 5.85. The molecule has 0 atom stereocenters. The summed E-state index contributed by atoms with van der Waals surface area (Å²) in [5.41, 5.74) is 12.0. The van der Waals surface area contributed by atoms with Gasteiger partial charge >= 0.3 is 0 Å². The van der Waals surface area contributed by atoms with E-state index in [0.717, 1.165) is 48.4 Å². The number of aryl methyl sites for hydroxylation is 1. The third-order valence-electron chi connectivity index (χ3n) is 5.06. The number of nitrogens with two attached hydrogens (primary N) is 1. The minimum absolute atomic E-state index is 0.0872. The highest BCUT2D eigenvalue weighted by atomic mass is 32.2. The summed E-state index contributed by atoms with van der Waals surface area (Å²) < 4.78 is 8.97. The van der Waals surface area contributed by atoms with Crippen molar-refractivity contribution < 1.29 is 4.74 Å². The predicted molar refractivity (Wildman–Crippen MR) is 115 cm³/mol. The Labute approximate surface area is 165 Å². The van der Waals surface area contributed by atoms with Crippen molar-refractivity contribution in [2.75, 3.05) is 25.6 Å². The maximum absolute atomic E-state index is 7.94. The molecular formula is C21H28N4OS. The smallest absolute Gasteiger partial charge is 0.125 e. The maximum atomic E-state index is 7.94. The second kappa shape index (κ2) is 8.78. The van der Waals surface area contributed by atoms with Crippen molar-refractivity contribution in [1.29, 1.82) is 5.41 Å². The summed E-state index contributed by atoms with van der Waals surface area (Å²) in [4.78, 5) is 1.21. The normalized spacial score (nSPS) is 14.9. The van der Waals surface area contributed by atoms with E-state index in [4.69, 9.17) is 15.9 Å². The first-order valence-corrected chi connectivity index (χ1v) is 10.1. The Bertz CT molecular complexity index is 831. The van der Waals surface area contributed by atoms with Crippen LogP contribution in [-0.4, -0.2) is 32.1 Å². The lowest BCUT2D eigenvalue weighted by atomic mass is 9.92. The Kier molecular flexibility index (Phi) is 6.42. The molecule has 0 spiro atoms. The number of rotatable bonds is 6. The highest BCUT2D eigenvalue weighted by Crippen LogP contribution is 2.33. The molecule has 0 aromatic heterocycles. The SMILES string of the molecule is CNc1ccc(-c2ccc(SNC3CCOCC3)cc2C)c(C)c1C(=N)N. The lowest BCUT2D eigenvalue weighted by molar-refractivity contribution is 0.0838. The van der Waals surface area contributed by atoms with Gasteiger partial charge in [0.15, 0.2) is 0 Å². The van der Waals surface area contributed by atoms with Crippen molar-refractivity contribution in [3.05, 3.63) is 47.0 Å². The van der Waals surface area contributed by atoms with Crippen molar-refractivity contribution in [2.45, 2.75) is 37.6 Å². The Balaban J connectivity index is 1.83. The molecule has 5 nitrogen and oxygen atoms in total. The quantitative estimate of drug-likeness (QED) is 0.343. The van der Waals surface area contributed by atoms with Gasteiger partial charge in [0, 0.05) is 42.4 Å². The van der Waals surface area contributed by atoms with Crippen molar-refractivity contribution in [3.8, 4) is 11.1 Å². The molecule has 2 aromatic rings. The van der Waals surface area contributed by atoms with E-state index in [2.05, 4.69) is 41.2 Å². The van der Waals surface area contributed by atoms with Crippen molar-refractivity contribution >= 4 is 23.5 Å². The molecule has 0 radical (unpaired) electrons. The van der Waals surface area contributed by atoms with E-state index >= 15 is 0 Å². The predicted octanol–water partition coefficient (Wildman–Crippen LogP) is 4.07. The largest absolute Gasteiger partial charge is 0.388 e. The number of hydrogen-bond acceptors (Lipinski definition) is 5. The molecule has 0 amide bonds. The standard InChI is InChI=1S/C21H28N4OS/c1-13-12-16(27-25-15-8-10-26-11-9-15)4-5-17(13)18-6-7-19(24-3)20(14(18)2)21(22)23/h4-7,12,15,24-25H,8-11H2,1-3H3,(H3,22,23). The first kappa shape index (κ1) is 19.7. The Hall–Kier alpha value is -2.02. The van der Waals surface area contributed by atoms with Crippen LogP contribution < -0.4 is 15.8 Å². The van der Waals surface area contributed by atoms with Gasteiger partial charge in [0.25, 0.3) is 0 Å². The molecule has 1 saturated heterocycles. The molecule has 0 aliphatic carbocycles. The minimum Gasteiger partial charge on any atom is -0.388 e. The number of anilines is 1.